The van der Waals surface area contributed by atoms with Gasteiger partial charge in [0.15, 0.2) is 0 Å². The van der Waals surface area contributed by atoms with Crippen LogP contribution in [0.15, 0.2) is 4.47 Å². The van der Waals surface area contributed by atoms with E-state index in [-0.39, 0.29) is 0 Å². The lowest BCUT2D eigenvalue weighted by molar-refractivity contribution is 0.180. The summed E-state index contributed by atoms with van der Waals surface area (Å²) in [4.78, 5) is 9.08. The van der Waals surface area contributed by atoms with Gasteiger partial charge in [0.2, 0.25) is 0 Å². The molecule has 88 valence electrons. The molecule has 16 heavy (non-hydrogen) atoms. The molecule has 1 heterocycles. The number of nitrogens with zero attached hydrogens (tertiary/aromatic N) is 2. The summed E-state index contributed by atoms with van der Waals surface area (Å²) < 4.78 is 6.04. The van der Waals surface area contributed by atoms with Crippen LogP contribution in [0, 0.1) is 5.92 Å². The van der Waals surface area contributed by atoms with E-state index in [1.54, 1.807) is 7.11 Å². The average molecular weight is 286 g/mol. The van der Waals surface area contributed by atoms with Crippen molar-refractivity contribution in [3.8, 4) is 0 Å². The normalized spacial score (nSPS) is 23.2. The molecule has 0 saturated heterocycles. The fourth-order valence-electron chi connectivity index (χ4n) is 1.76. The Hall–Kier alpha value is -0.680. The molecule has 0 aliphatic heterocycles. The second kappa shape index (κ2) is 4.67. The van der Waals surface area contributed by atoms with Gasteiger partial charge < -0.3 is 10.1 Å². The van der Waals surface area contributed by atoms with Crippen LogP contribution < -0.4 is 5.32 Å². The molecule has 1 aliphatic rings. The zero-order valence-corrected chi connectivity index (χ0v) is 11.3. The van der Waals surface area contributed by atoms with Gasteiger partial charge in [-0.15, -0.1) is 0 Å². The zero-order valence-electron chi connectivity index (χ0n) is 9.75. The molecule has 0 amide bonds. The monoisotopic (exact) mass is 285 g/mol. The predicted molar refractivity (Wildman–Crippen MR) is 66.5 cm³/mol. The molecule has 4 nitrogen and oxygen atoms in total. The number of hydrogen-bond acceptors (Lipinski definition) is 4. The van der Waals surface area contributed by atoms with E-state index in [1.165, 1.54) is 6.42 Å². The molecule has 0 bridgehead atoms. The van der Waals surface area contributed by atoms with E-state index in [9.17, 15) is 0 Å². The second-order valence-corrected chi connectivity index (χ2v) is 4.99. The van der Waals surface area contributed by atoms with E-state index < -0.39 is 0 Å². The largest absolute Gasteiger partial charge is 0.378 e. The molecule has 1 aromatic rings. The number of anilines is 1. The molecule has 0 spiro atoms. The highest BCUT2D eigenvalue weighted by molar-refractivity contribution is 9.10. The molecule has 1 saturated carbocycles. The number of rotatable bonds is 4. The van der Waals surface area contributed by atoms with Crippen molar-refractivity contribution in [3.63, 3.8) is 0 Å². The van der Waals surface area contributed by atoms with Crippen LogP contribution in [-0.2, 0) is 11.3 Å². The summed E-state index contributed by atoms with van der Waals surface area (Å²) in [6, 6.07) is 0. The van der Waals surface area contributed by atoms with Gasteiger partial charge in [0.05, 0.1) is 16.8 Å². The molecule has 0 radical (unpaired) electrons. The topological polar surface area (TPSA) is 47.0 Å². The first-order chi connectivity index (χ1) is 7.67. The standard InChI is InChI=1S/C11H16BrN3O/c1-6-4-7(6)10-14-8(5-16-3)9(12)11(13-2)15-10/h6-7H,4-5H2,1-3H3,(H,13,14,15). The van der Waals surface area contributed by atoms with Gasteiger partial charge in [0.1, 0.15) is 11.6 Å². The third-order valence-corrected chi connectivity index (χ3v) is 3.73. The molecular formula is C11H16BrN3O. The maximum atomic E-state index is 5.14. The third kappa shape index (κ3) is 2.20. The van der Waals surface area contributed by atoms with Crippen molar-refractivity contribution in [1.29, 1.82) is 0 Å². The van der Waals surface area contributed by atoms with Gasteiger partial charge >= 0.3 is 0 Å². The Morgan fingerprint density at radius 1 is 1.50 bits per heavy atom. The van der Waals surface area contributed by atoms with Crippen molar-refractivity contribution in [2.75, 3.05) is 19.5 Å². The van der Waals surface area contributed by atoms with Crippen LogP contribution in [0.1, 0.15) is 30.8 Å². The Bertz CT molecular complexity index is 397. The van der Waals surface area contributed by atoms with Gasteiger partial charge in [-0.3, -0.25) is 0 Å². The zero-order chi connectivity index (χ0) is 11.7. The van der Waals surface area contributed by atoms with E-state index in [1.807, 2.05) is 7.05 Å². The lowest BCUT2D eigenvalue weighted by Gasteiger charge is -2.10. The minimum absolute atomic E-state index is 0.506. The van der Waals surface area contributed by atoms with Crippen LogP contribution in [0.3, 0.4) is 0 Å². The summed E-state index contributed by atoms with van der Waals surface area (Å²) in [7, 11) is 3.54. The number of hydrogen-bond donors (Lipinski definition) is 1. The molecule has 2 unspecified atom stereocenters. The highest BCUT2D eigenvalue weighted by Crippen LogP contribution is 2.46. The number of aromatic nitrogens is 2. The minimum Gasteiger partial charge on any atom is -0.378 e. The van der Waals surface area contributed by atoms with E-state index in [4.69, 9.17) is 4.74 Å². The van der Waals surface area contributed by atoms with Crippen LogP contribution in [0.5, 0.6) is 0 Å². The van der Waals surface area contributed by atoms with Crippen LogP contribution in [0.4, 0.5) is 5.82 Å². The van der Waals surface area contributed by atoms with Crippen molar-refractivity contribution >= 4 is 21.7 Å². The summed E-state index contributed by atoms with van der Waals surface area (Å²) >= 11 is 3.49. The molecule has 1 fully saturated rings. The fraction of sp³-hybridized carbons (Fsp3) is 0.636. The highest BCUT2D eigenvalue weighted by Gasteiger charge is 2.37. The molecule has 1 aliphatic carbocycles. The lowest BCUT2D eigenvalue weighted by Crippen LogP contribution is -2.06. The number of nitrogens with one attached hydrogen (secondary N) is 1. The first-order valence-electron chi connectivity index (χ1n) is 5.40. The molecule has 2 rings (SSSR count). The van der Waals surface area contributed by atoms with Crippen LogP contribution >= 0.6 is 15.9 Å². The Labute approximate surface area is 104 Å². The minimum atomic E-state index is 0.506. The molecular weight excluding hydrogens is 270 g/mol. The van der Waals surface area contributed by atoms with Crippen molar-refractivity contribution in [3.05, 3.63) is 16.0 Å². The smallest absolute Gasteiger partial charge is 0.144 e. The summed E-state index contributed by atoms with van der Waals surface area (Å²) in [6.45, 7) is 2.73. The van der Waals surface area contributed by atoms with Crippen molar-refractivity contribution in [2.45, 2.75) is 25.9 Å². The van der Waals surface area contributed by atoms with Gasteiger partial charge in [0, 0.05) is 20.1 Å². The molecule has 1 aromatic heterocycles. The summed E-state index contributed by atoms with van der Waals surface area (Å²) in [5.74, 6) is 3.01. The maximum Gasteiger partial charge on any atom is 0.144 e. The van der Waals surface area contributed by atoms with Crippen molar-refractivity contribution in [1.82, 2.24) is 9.97 Å². The van der Waals surface area contributed by atoms with Crippen LogP contribution in [0.25, 0.3) is 0 Å². The van der Waals surface area contributed by atoms with E-state index >= 15 is 0 Å². The van der Waals surface area contributed by atoms with Crippen molar-refractivity contribution in [2.24, 2.45) is 5.92 Å². The Balaban J connectivity index is 2.36. The first-order valence-corrected chi connectivity index (χ1v) is 6.19. The van der Waals surface area contributed by atoms with Gasteiger partial charge in [-0.25, -0.2) is 9.97 Å². The summed E-state index contributed by atoms with van der Waals surface area (Å²) in [5, 5.41) is 3.08. The van der Waals surface area contributed by atoms with Crippen molar-refractivity contribution < 1.29 is 4.74 Å². The molecule has 0 aromatic carbocycles. The van der Waals surface area contributed by atoms with E-state index in [2.05, 4.69) is 38.1 Å². The van der Waals surface area contributed by atoms with E-state index in [0.717, 1.165) is 21.8 Å². The maximum absolute atomic E-state index is 5.14. The quantitative estimate of drug-likeness (QED) is 0.924. The van der Waals surface area contributed by atoms with Gasteiger partial charge in [-0.2, -0.15) is 0 Å². The highest BCUT2D eigenvalue weighted by atomic mass is 79.9. The lowest BCUT2D eigenvalue weighted by atomic mass is 10.3. The first kappa shape index (κ1) is 11.8. The SMILES string of the molecule is CNc1nc(C2CC2C)nc(COC)c1Br. The molecule has 2 atom stereocenters. The summed E-state index contributed by atoms with van der Waals surface area (Å²) in [6.07, 6.45) is 1.19. The molecule has 1 N–H and O–H groups in total. The average Bonchev–Trinajstić information content (AvgIpc) is 2.99. The van der Waals surface area contributed by atoms with E-state index in [0.29, 0.717) is 18.4 Å². The van der Waals surface area contributed by atoms with Crippen LogP contribution in [-0.4, -0.2) is 24.1 Å². The van der Waals surface area contributed by atoms with Crippen LogP contribution in [0.2, 0.25) is 0 Å². The second-order valence-electron chi connectivity index (χ2n) is 4.19. The van der Waals surface area contributed by atoms with Gasteiger partial charge in [0.25, 0.3) is 0 Å². The summed E-state index contributed by atoms with van der Waals surface area (Å²) in [5.41, 5.74) is 0.913. The Kier molecular flexibility index (Phi) is 3.44. The predicted octanol–water partition coefficient (Wildman–Crippen LogP) is 2.55. The molecule has 5 heteroatoms. The van der Waals surface area contributed by atoms with Gasteiger partial charge in [-0.05, 0) is 28.3 Å². The fourth-order valence-corrected chi connectivity index (χ4v) is 2.25. The number of halogens is 1. The Morgan fingerprint density at radius 2 is 2.19 bits per heavy atom. The van der Waals surface area contributed by atoms with Gasteiger partial charge in [-0.1, -0.05) is 6.92 Å². The number of ether oxygens (including phenoxy) is 1. The Morgan fingerprint density at radius 3 is 2.69 bits per heavy atom. The number of methoxy groups -OCH3 is 1. The third-order valence-electron chi connectivity index (χ3n) is 2.90.